The van der Waals surface area contributed by atoms with Crippen LogP contribution in [-0.2, 0) is 0 Å². The number of hydrogen-bond acceptors (Lipinski definition) is 5. The summed E-state index contributed by atoms with van der Waals surface area (Å²) in [6.07, 6.45) is 0. The van der Waals surface area contributed by atoms with Gasteiger partial charge in [-0.25, -0.2) is 4.98 Å². The molecule has 0 unspecified atom stereocenters. The van der Waals surface area contributed by atoms with E-state index in [9.17, 15) is 5.26 Å². The average molecular weight is 590 g/mol. The topological polar surface area (TPSA) is 80.5 Å². The normalized spacial score (nSPS) is 11.5. The summed E-state index contributed by atoms with van der Waals surface area (Å²) in [6.45, 7) is 0. The van der Waals surface area contributed by atoms with Crippen molar-refractivity contribution in [2.24, 2.45) is 0 Å². The summed E-state index contributed by atoms with van der Waals surface area (Å²) in [5.74, 6) is 1.63. The van der Waals surface area contributed by atoms with E-state index >= 15 is 0 Å². The Morgan fingerprint density at radius 1 is 0.500 bits per heavy atom. The minimum Gasteiger partial charge on any atom is -0.456 e. The first-order valence-electron chi connectivity index (χ1n) is 15.0. The van der Waals surface area contributed by atoms with Crippen LogP contribution in [0.3, 0.4) is 0 Å². The Morgan fingerprint density at radius 3 is 1.76 bits per heavy atom. The lowest BCUT2D eigenvalue weighted by Crippen LogP contribution is -2.06. The molecule has 3 aromatic heterocycles. The molecule has 9 rings (SSSR count). The minimum atomic E-state index is 0.526. The highest BCUT2D eigenvalue weighted by molar-refractivity contribution is 6.10. The monoisotopic (exact) mass is 589 g/mol. The number of nitriles is 1. The summed E-state index contributed by atoms with van der Waals surface area (Å²) >= 11 is 0. The maximum atomic E-state index is 10.1. The summed E-state index contributed by atoms with van der Waals surface area (Å²) in [5.41, 5.74) is 7.58. The van der Waals surface area contributed by atoms with Gasteiger partial charge in [0.25, 0.3) is 0 Å². The number of nitrogens with zero attached hydrogens (tertiary/aromatic N) is 5. The first-order valence-corrected chi connectivity index (χ1v) is 15.0. The molecule has 0 radical (unpaired) electrons. The van der Waals surface area contributed by atoms with Crippen LogP contribution in [0.5, 0.6) is 0 Å². The molecular formula is C40H23N5O. The van der Waals surface area contributed by atoms with Crippen molar-refractivity contribution in [1.82, 2.24) is 19.5 Å². The number of benzene rings is 6. The first kappa shape index (κ1) is 25.9. The SMILES string of the molecule is N#Cc1cc(-c2ccccc2)cc2oc3cc(-c4nc(-c5ccccc5)nc(-n5c6ccccc6c6ccccc65)n4)ccc3c12. The predicted octanol–water partition coefficient (Wildman–Crippen LogP) is 9.74. The van der Waals surface area contributed by atoms with Crippen molar-refractivity contribution in [2.45, 2.75) is 0 Å². The predicted molar refractivity (Wildman–Crippen MR) is 182 cm³/mol. The quantitative estimate of drug-likeness (QED) is 0.204. The Morgan fingerprint density at radius 2 is 1.09 bits per heavy atom. The fraction of sp³-hybridized carbons (Fsp3) is 0. The number of rotatable bonds is 4. The molecule has 9 aromatic rings. The number of aromatic nitrogens is 4. The highest BCUT2D eigenvalue weighted by atomic mass is 16.3. The molecule has 0 aliphatic heterocycles. The maximum absolute atomic E-state index is 10.1. The Balaban J connectivity index is 1.27. The second-order valence-electron chi connectivity index (χ2n) is 11.2. The smallest absolute Gasteiger partial charge is 0.238 e. The van der Waals surface area contributed by atoms with E-state index in [1.807, 2.05) is 103 Å². The summed E-state index contributed by atoms with van der Waals surface area (Å²) < 4.78 is 8.53. The lowest BCUT2D eigenvalue weighted by atomic mass is 9.99. The zero-order chi connectivity index (χ0) is 30.6. The van der Waals surface area contributed by atoms with Crippen LogP contribution in [0.4, 0.5) is 0 Å². The maximum Gasteiger partial charge on any atom is 0.238 e. The molecule has 6 aromatic carbocycles. The molecule has 0 spiro atoms. The molecule has 214 valence electrons. The summed E-state index contributed by atoms with van der Waals surface area (Å²) in [7, 11) is 0. The molecule has 0 amide bonds. The van der Waals surface area contributed by atoms with Crippen LogP contribution >= 0.6 is 0 Å². The van der Waals surface area contributed by atoms with Crippen molar-refractivity contribution >= 4 is 43.7 Å². The van der Waals surface area contributed by atoms with Crippen molar-refractivity contribution in [3.63, 3.8) is 0 Å². The minimum absolute atomic E-state index is 0.526. The summed E-state index contributed by atoms with van der Waals surface area (Å²) in [5, 5.41) is 14.0. The molecule has 0 bridgehead atoms. The molecule has 0 aliphatic carbocycles. The number of para-hydroxylation sites is 2. The van der Waals surface area contributed by atoms with Gasteiger partial charge in [-0.15, -0.1) is 0 Å². The molecule has 0 saturated heterocycles. The lowest BCUT2D eigenvalue weighted by molar-refractivity contribution is 0.669. The van der Waals surface area contributed by atoms with Gasteiger partial charge in [-0.2, -0.15) is 15.2 Å². The number of fused-ring (bicyclic) bond motifs is 6. The van der Waals surface area contributed by atoms with E-state index in [4.69, 9.17) is 19.4 Å². The van der Waals surface area contributed by atoms with Crippen molar-refractivity contribution in [3.8, 4) is 45.9 Å². The van der Waals surface area contributed by atoms with Crippen LogP contribution in [0.2, 0.25) is 0 Å². The van der Waals surface area contributed by atoms with Gasteiger partial charge in [0, 0.05) is 32.7 Å². The zero-order valence-corrected chi connectivity index (χ0v) is 24.4. The molecular weight excluding hydrogens is 566 g/mol. The molecule has 46 heavy (non-hydrogen) atoms. The fourth-order valence-corrected chi connectivity index (χ4v) is 6.38. The summed E-state index contributed by atoms with van der Waals surface area (Å²) in [4.78, 5) is 15.0. The van der Waals surface area contributed by atoms with Crippen LogP contribution in [0, 0.1) is 11.3 Å². The van der Waals surface area contributed by atoms with Gasteiger partial charge < -0.3 is 4.42 Å². The van der Waals surface area contributed by atoms with E-state index < -0.39 is 0 Å². The van der Waals surface area contributed by atoms with Crippen molar-refractivity contribution in [1.29, 1.82) is 5.26 Å². The van der Waals surface area contributed by atoms with Crippen LogP contribution in [-0.4, -0.2) is 19.5 Å². The molecule has 3 heterocycles. The van der Waals surface area contributed by atoms with Gasteiger partial charge in [0.1, 0.15) is 11.2 Å². The van der Waals surface area contributed by atoms with E-state index in [1.54, 1.807) is 0 Å². The second-order valence-corrected chi connectivity index (χ2v) is 11.2. The third kappa shape index (κ3) is 4.07. The Bertz CT molecular complexity index is 2590. The van der Waals surface area contributed by atoms with Gasteiger partial charge in [-0.3, -0.25) is 4.57 Å². The molecule has 0 aliphatic rings. The van der Waals surface area contributed by atoms with Crippen molar-refractivity contribution in [2.75, 3.05) is 0 Å². The van der Waals surface area contributed by atoms with Gasteiger partial charge in [0.05, 0.1) is 22.7 Å². The summed E-state index contributed by atoms with van der Waals surface area (Å²) in [6, 6.07) is 48.8. The molecule has 0 fully saturated rings. The third-order valence-electron chi connectivity index (χ3n) is 8.49. The highest BCUT2D eigenvalue weighted by Gasteiger charge is 2.19. The van der Waals surface area contributed by atoms with Crippen LogP contribution in [0.1, 0.15) is 5.56 Å². The van der Waals surface area contributed by atoms with Crippen molar-refractivity contribution < 1.29 is 4.42 Å². The van der Waals surface area contributed by atoms with Gasteiger partial charge >= 0.3 is 0 Å². The van der Waals surface area contributed by atoms with Gasteiger partial charge in [-0.1, -0.05) is 103 Å². The molecule has 6 heteroatoms. The molecule has 0 N–H and O–H groups in total. The zero-order valence-electron chi connectivity index (χ0n) is 24.4. The van der Waals surface area contributed by atoms with Crippen LogP contribution in [0.15, 0.2) is 144 Å². The fourth-order valence-electron chi connectivity index (χ4n) is 6.38. The van der Waals surface area contributed by atoms with E-state index in [0.29, 0.717) is 34.3 Å². The second kappa shape index (κ2) is 10.3. The highest BCUT2D eigenvalue weighted by Crippen LogP contribution is 2.37. The molecule has 0 atom stereocenters. The van der Waals surface area contributed by atoms with Gasteiger partial charge in [-0.05, 0) is 47.5 Å². The molecule has 0 saturated carbocycles. The van der Waals surface area contributed by atoms with Gasteiger partial charge in [0.15, 0.2) is 11.6 Å². The van der Waals surface area contributed by atoms with E-state index in [1.165, 1.54) is 0 Å². The Hall–Kier alpha value is -6.58. The molecule has 6 nitrogen and oxygen atoms in total. The lowest BCUT2D eigenvalue weighted by Gasteiger charge is -2.10. The standard InChI is InChI=1S/C40H23N5O/c41-24-29-21-28(25-11-3-1-4-12-25)23-36-37(29)32-20-19-27(22-35(32)46-36)39-42-38(26-13-5-2-6-14-26)43-40(44-39)45-33-17-9-7-15-30(33)31-16-8-10-18-34(31)45/h1-23H. The number of hydrogen-bond donors (Lipinski definition) is 0. The van der Waals surface area contributed by atoms with Gasteiger partial charge in [0.2, 0.25) is 5.95 Å². The van der Waals surface area contributed by atoms with E-state index in [2.05, 4.69) is 47.0 Å². The average Bonchev–Trinajstić information content (AvgIpc) is 3.67. The van der Waals surface area contributed by atoms with Crippen LogP contribution in [0.25, 0.3) is 83.6 Å². The van der Waals surface area contributed by atoms with E-state index in [0.717, 1.165) is 54.8 Å². The third-order valence-corrected chi connectivity index (χ3v) is 8.49. The number of furan rings is 1. The van der Waals surface area contributed by atoms with Crippen molar-refractivity contribution in [3.05, 3.63) is 145 Å². The Labute approximate surface area is 263 Å². The van der Waals surface area contributed by atoms with E-state index in [-0.39, 0.29) is 0 Å². The van der Waals surface area contributed by atoms with Crippen LogP contribution < -0.4 is 0 Å². The first-order chi connectivity index (χ1) is 22.7. The largest absolute Gasteiger partial charge is 0.456 e. The Kier molecular flexibility index (Phi) is 5.77.